The van der Waals surface area contributed by atoms with Crippen LogP contribution in [0.4, 0.5) is 10.2 Å². The molecule has 0 saturated carbocycles. The van der Waals surface area contributed by atoms with E-state index in [1.807, 2.05) is 6.92 Å². The minimum absolute atomic E-state index is 0.00658. The summed E-state index contributed by atoms with van der Waals surface area (Å²) in [5, 5.41) is -0.00658. The molecule has 1 aromatic carbocycles. The Labute approximate surface area is 115 Å². The largest absolute Gasteiger partial charge is 0.438 e. The maximum Gasteiger partial charge on any atom is 0.227 e. The molecule has 4 nitrogen and oxygen atoms in total. The smallest absolute Gasteiger partial charge is 0.227 e. The van der Waals surface area contributed by atoms with Gasteiger partial charge in [-0.15, -0.1) is 0 Å². The number of nitrogens with two attached hydrogens (primary N) is 1. The summed E-state index contributed by atoms with van der Waals surface area (Å²) in [5.74, 6) is 1.21. The van der Waals surface area contributed by atoms with Gasteiger partial charge in [0, 0.05) is 12.5 Å². The van der Waals surface area contributed by atoms with Crippen LogP contribution in [0.3, 0.4) is 0 Å². The lowest BCUT2D eigenvalue weighted by Gasteiger charge is -2.10. The third-order valence-electron chi connectivity index (χ3n) is 2.61. The highest BCUT2D eigenvalue weighted by molar-refractivity contribution is 6.30. The van der Waals surface area contributed by atoms with Gasteiger partial charge >= 0.3 is 0 Å². The van der Waals surface area contributed by atoms with E-state index in [0.29, 0.717) is 35.3 Å². The monoisotopic (exact) mass is 281 g/mol. The number of aromatic nitrogens is 2. The van der Waals surface area contributed by atoms with Crippen LogP contribution in [-0.4, -0.2) is 9.97 Å². The first kappa shape index (κ1) is 13.5. The fraction of sp³-hybridized carbons (Fsp3) is 0.231. The van der Waals surface area contributed by atoms with Crippen molar-refractivity contribution in [2.75, 3.05) is 5.73 Å². The molecule has 0 unspecified atom stereocenters. The van der Waals surface area contributed by atoms with Crippen molar-refractivity contribution in [1.29, 1.82) is 0 Å². The van der Waals surface area contributed by atoms with E-state index >= 15 is 0 Å². The predicted molar refractivity (Wildman–Crippen MR) is 72.0 cm³/mol. The second kappa shape index (κ2) is 5.40. The standard InChI is InChI=1S/C13H13ClFN3O/c1-3-11-17-12(16)7(2)13(18-11)19-8-4-5-10(15)9(14)6-8/h4-6H,3H2,1-2H3,(H2,16,17,18). The van der Waals surface area contributed by atoms with Gasteiger partial charge in [0.05, 0.1) is 10.6 Å². The van der Waals surface area contributed by atoms with E-state index in [2.05, 4.69) is 9.97 Å². The Morgan fingerprint density at radius 3 is 2.74 bits per heavy atom. The summed E-state index contributed by atoms with van der Waals surface area (Å²) >= 11 is 5.70. The Bertz CT molecular complexity index is 619. The van der Waals surface area contributed by atoms with Crippen molar-refractivity contribution in [2.24, 2.45) is 0 Å². The Hall–Kier alpha value is -1.88. The van der Waals surface area contributed by atoms with Gasteiger partial charge in [0.25, 0.3) is 0 Å². The molecule has 19 heavy (non-hydrogen) atoms. The van der Waals surface area contributed by atoms with Crippen LogP contribution in [0.1, 0.15) is 18.3 Å². The van der Waals surface area contributed by atoms with Crippen molar-refractivity contribution in [3.63, 3.8) is 0 Å². The third-order valence-corrected chi connectivity index (χ3v) is 2.90. The average molecular weight is 282 g/mol. The molecule has 0 amide bonds. The number of benzene rings is 1. The van der Waals surface area contributed by atoms with Gasteiger partial charge in [-0.3, -0.25) is 0 Å². The van der Waals surface area contributed by atoms with E-state index in [1.165, 1.54) is 18.2 Å². The quantitative estimate of drug-likeness (QED) is 0.935. The molecule has 1 aromatic heterocycles. The summed E-state index contributed by atoms with van der Waals surface area (Å²) in [6.07, 6.45) is 0.644. The van der Waals surface area contributed by atoms with Gasteiger partial charge in [-0.05, 0) is 19.1 Å². The van der Waals surface area contributed by atoms with Crippen LogP contribution in [-0.2, 0) is 6.42 Å². The SMILES string of the molecule is CCc1nc(N)c(C)c(Oc2ccc(F)c(Cl)c2)n1. The number of ether oxygens (including phenoxy) is 1. The highest BCUT2D eigenvalue weighted by Gasteiger charge is 2.11. The number of halogens is 2. The van der Waals surface area contributed by atoms with E-state index in [-0.39, 0.29) is 5.02 Å². The molecular weight excluding hydrogens is 269 g/mol. The number of anilines is 1. The van der Waals surface area contributed by atoms with Crippen molar-refractivity contribution in [3.8, 4) is 11.6 Å². The molecule has 0 saturated heterocycles. The van der Waals surface area contributed by atoms with Gasteiger partial charge < -0.3 is 10.5 Å². The van der Waals surface area contributed by atoms with E-state index < -0.39 is 5.82 Å². The van der Waals surface area contributed by atoms with Gasteiger partial charge in [0.1, 0.15) is 23.2 Å². The Morgan fingerprint density at radius 2 is 2.11 bits per heavy atom. The van der Waals surface area contributed by atoms with Crippen LogP contribution in [0.5, 0.6) is 11.6 Å². The molecule has 0 radical (unpaired) electrons. The van der Waals surface area contributed by atoms with E-state index in [4.69, 9.17) is 22.1 Å². The molecular formula is C13H13ClFN3O. The summed E-state index contributed by atoms with van der Waals surface area (Å²) in [7, 11) is 0. The number of aryl methyl sites for hydroxylation is 1. The number of hydrogen-bond donors (Lipinski definition) is 1. The van der Waals surface area contributed by atoms with Crippen molar-refractivity contribution in [1.82, 2.24) is 9.97 Å². The second-order valence-corrected chi connectivity index (χ2v) is 4.39. The molecule has 2 N–H and O–H groups in total. The maximum atomic E-state index is 13.1. The van der Waals surface area contributed by atoms with Gasteiger partial charge in [-0.2, -0.15) is 4.98 Å². The number of nitrogens with zero attached hydrogens (tertiary/aromatic N) is 2. The van der Waals surface area contributed by atoms with Crippen LogP contribution in [0.2, 0.25) is 5.02 Å². The normalized spacial score (nSPS) is 10.5. The molecule has 0 atom stereocenters. The van der Waals surface area contributed by atoms with Crippen LogP contribution in [0.25, 0.3) is 0 Å². The Morgan fingerprint density at radius 1 is 1.37 bits per heavy atom. The van der Waals surface area contributed by atoms with Crippen molar-refractivity contribution in [3.05, 3.63) is 40.4 Å². The topological polar surface area (TPSA) is 61.0 Å². The average Bonchev–Trinajstić information content (AvgIpc) is 2.39. The maximum absolute atomic E-state index is 13.1. The number of nitrogen functional groups attached to an aromatic ring is 1. The molecule has 0 fully saturated rings. The minimum atomic E-state index is -0.498. The second-order valence-electron chi connectivity index (χ2n) is 3.99. The van der Waals surface area contributed by atoms with Crippen LogP contribution < -0.4 is 10.5 Å². The molecule has 6 heteroatoms. The lowest BCUT2D eigenvalue weighted by molar-refractivity contribution is 0.453. The van der Waals surface area contributed by atoms with Crippen molar-refractivity contribution >= 4 is 17.4 Å². The van der Waals surface area contributed by atoms with Crippen molar-refractivity contribution < 1.29 is 9.13 Å². The summed E-state index contributed by atoms with van der Waals surface area (Å²) in [4.78, 5) is 8.37. The first-order valence-corrected chi connectivity index (χ1v) is 6.15. The predicted octanol–water partition coefficient (Wildman–Crippen LogP) is 3.51. The summed E-state index contributed by atoms with van der Waals surface area (Å²) in [6.45, 7) is 3.68. The third kappa shape index (κ3) is 2.93. The molecule has 100 valence electrons. The zero-order valence-corrected chi connectivity index (χ0v) is 11.3. The van der Waals surface area contributed by atoms with E-state index in [1.54, 1.807) is 6.92 Å². The van der Waals surface area contributed by atoms with Crippen LogP contribution in [0.15, 0.2) is 18.2 Å². The van der Waals surface area contributed by atoms with Crippen LogP contribution >= 0.6 is 11.6 Å². The summed E-state index contributed by atoms with van der Waals surface area (Å²) in [6, 6.07) is 4.10. The molecule has 0 bridgehead atoms. The molecule has 2 aromatic rings. The number of rotatable bonds is 3. The number of hydrogen-bond acceptors (Lipinski definition) is 4. The lowest BCUT2D eigenvalue weighted by atomic mass is 10.3. The first-order valence-electron chi connectivity index (χ1n) is 5.77. The lowest BCUT2D eigenvalue weighted by Crippen LogP contribution is -2.04. The van der Waals surface area contributed by atoms with E-state index in [9.17, 15) is 4.39 Å². The molecule has 0 spiro atoms. The fourth-order valence-electron chi connectivity index (χ4n) is 1.47. The minimum Gasteiger partial charge on any atom is -0.438 e. The molecule has 2 rings (SSSR count). The zero-order valence-electron chi connectivity index (χ0n) is 10.6. The van der Waals surface area contributed by atoms with Gasteiger partial charge in [-0.25, -0.2) is 9.37 Å². The molecule has 1 heterocycles. The summed E-state index contributed by atoms with van der Waals surface area (Å²) in [5.41, 5.74) is 6.42. The molecule has 0 aliphatic carbocycles. The fourth-order valence-corrected chi connectivity index (χ4v) is 1.64. The molecule has 0 aliphatic rings. The van der Waals surface area contributed by atoms with Gasteiger partial charge in [0.2, 0.25) is 5.88 Å². The Kier molecular flexibility index (Phi) is 3.85. The van der Waals surface area contributed by atoms with Gasteiger partial charge in [0.15, 0.2) is 0 Å². The van der Waals surface area contributed by atoms with Crippen molar-refractivity contribution in [2.45, 2.75) is 20.3 Å². The zero-order chi connectivity index (χ0) is 14.0. The summed E-state index contributed by atoms with van der Waals surface area (Å²) < 4.78 is 18.7. The highest BCUT2D eigenvalue weighted by Crippen LogP contribution is 2.28. The first-order chi connectivity index (χ1) is 9.01. The Balaban J connectivity index is 2.37. The highest BCUT2D eigenvalue weighted by atomic mass is 35.5. The molecule has 0 aliphatic heterocycles. The van der Waals surface area contributed by atoms with Gasteiger partial charge in [-0.1, -0.05) is 18.5 Å². The van der Waals surface area contributed by atoms with E-state index in [0.717, 1.165) is 0 Å². The van der Waals surface area contributed by atoms with Crippen LogP contribution in [0, 0.1) is 12.7 Å².